The zero-order chi connectivity index (χ0) is 23.9. The molecule has 6 nitrogen and oxygen atoms in total. The molecular weight excluding hydrogens is 396 g/mol. The van der Waals surface area contributed by atoms with Crippen molar-refractivity contribution in [2.45, 2.75) is 93.4 Å². The molecule has 0 bridgehead atoms. The smallest absolute Gasteiger partial charge is 0.238 e. The van der Waals surface area contributed by atoms with Crippen molar-refractivity contribution in [2.24, 2.45) is 4.99 Å². The third-order valence-electron chi connectivity index (χ3n) is 4.61. The standard InChI is InChI=1S/C15H16N6.C6H12.C3H8.C2H6/c1-9(2)18-12-4-5-13(19-10(12)3)11-6-7-21-14(11)8-17-15(16)20-21;1-2-4-6-5-3-1;1-3-2;1-2/h4-8H,1-3H3,(H2,16,20);1-6H2;3H2,1-2H3;1-2H3. The van der Waals surface area contributed by atoms with Crippen LogP contribution in [0.4, 0.5) is 11.6 Å². The number of hydrogen-bond donors (Lipinski definition) is 1. The quantitative estimate of drug-likeness (QED) is 0.418. The predicted octanol–water partition coefficient (Wildman–Crippen LogP) is 7.58. The zero-order valence-corrected chi connectivity index (χ0v) is 21.1. The largest absolute Gasteiger partial charge is 0.367 e. The van der Waals surface area contributed by atoms with Crippen molar-refractivity contribution in [1.82, 2.24) is 19.6 Å². The van der Waals surface area contributed by atoms with E-state index in [0.717, 1.165) is 33.9 Å². The Labute approximate surface area is 194 Å². The number of nitrogen functional groups attached to an aromatic ring is 1. The van der Waals surface area contributed by atoms with Gasteiger partial charge in [0.05, 0.1) is 28.8 Å². The molecule has 0 saturated heterocycles. The van der Waals surface area contributed by atoms with Gasteiger partial charge in [0.1, 0.15) is 0 Å². The number of nitrogens with zero attached hydrogens (tertiary/aromatic N) is 5. The van der Waals surface area contributed by atoms with E-state index in [2.05, 4.69) is 33.9 Å². The first-order valence-electron chi connectivity index (χ1n) is 12.1. The van der Waals surface area contributed by atoms with Gasteiger partial charge in [-0.3, -0.25) is 9.98 Å². The van der Waals surface area contributed by atoms with E-state index in [-0.39, 0.29) is 5.95 Å². The van der Waals surface area contributed by atoms with Crippen molar-refractivity contribution in [2.75, 3.05) is 5.73 Å². The maximum absolute atomic E-state index is 5.59. The molecule has 4 rings (SSSR count). The zero-order valence-electron chi connectivity index (χ0n) is 21.1. The Hall–Kier alpha value is -2.76. The first-order valence-corrected chi connectivity index (χ1v) is 12.1. The lowest BCUT2D eigenvalue weighted by Crippen LogP contribution is -1.99. The molecule has 6 heteroatoms. The minimum absolute atomic E-state index is 0.247. The van der Waals surface area contributed by atoms with E-state index in [9.17, 15) is 0 Å². The molecule has 1 saturated carbocycles. The predicted molar refractivity (Wildman–Crippen MR) is 139 cm³/mol. The molecular formula is C26H42N6. The fourth-order valence-corrected chi connectivity index (χ4v) is 3.25. The Morgan fingerprint density at radius 2 is 1.56 bits per heavy atom. The van der Waals surface area contributed by atoms with Crippen LogP contribution in [0.15, 0.2) is 35.6 Å². The number of aryl methyl sites for hydroxylation is 1. The number of anilines is 1. The van der Waals surface area contributed by atoms with E-state index in [4.69, 9.17) is 5.73 Å². The van der Waals surface area contributed by atoms with Gasteiger partial charge in [0, 0.05) is 17.5 Å². The summed E-state index contributed by atoms with van der Waals surface area (Å²) in [5, 5.41) is 4.13. The van der Waals surface area contributed by atoms with E-state index in [1.165, 1.54) is 44.9 Å². The summed E-state index contributed by atoms with van der Waals surface area (Å²) in [5.41, 5.74) is 11.1. The van der Waals surface area contributed by atoms with Crippen LogP contribution in [-0.4, -0.2) is 25.3 Å². The normalized spacial score (nSPS) is 12.3. The molecule has 0 unspecified atom stereocenters. The Kier molecular flexibility index (Phi) is 12.9. The van der Waals surface area contributed by atoms with Gasteiger partial charge in [-0.15, -0.1) is 5.10 Å². The first-order chi connectivity index (χ1) is 15.5. The van der Waals surface area contributed by atoms with Crippen LogP contribution in [0.1, 0.15) is 92.2 Å². The lowest BCUT2D eigenvalue weighted by molar-refractivity contribution is 0.504. The molecule has 3 aromatic heterocycles. The number of fused-ring (bicyclic) bond motifs is 1. The fourth-order valence-electron chi connectivity index (χ4n) is 3.25. The minimum Gasteiger partial charge on any atom is -0.367 e. The molecule has 2 N–H and O–H groups in total. The molecule has 3 heterocycles. The lowest BCUT2D eigenvalue weighted by Gasteiger charge is -2.05. The van der Waals surface area contributed by atoms with Crippen LogP contribution in [-0.2, 0) is 0 Å². The highest BCUT2D eigenvalue weighted by atomic mass is 15.3. The van der Waals surface area contributed by atoms with E-state index in [1.54, 1.807) is 10.7 Å². The molecule has 32 heavy (non-hydrogen) atoms. The summed E-state index contributed by atoms with van der Waals surface area (Å²) in [7, 11) is 0. The van der Waals surface area contributed by atoms with Gasteiger partial charge in [-0.05, 0) is 39.0 Å². The Morgan fingerprint density at radius 1 is 1.00 bits per heavy atom. The molecule has 1 aliphatic carbocycles. The number of rotatable bonds is 2. The van der Waals surface area contributed by atoms with Gasteiger partial charge < -0.3 is 5.73 Å². The van der Waals surface area contributed by atoms with E-state index >= 15 is 0 Å². The van der Waals surface area contributed by atoms with Gasteiger partial charge in [-0.2, -0.15) is 0 Å². The Bertz CT molecular complexity index is 939. The van der Waals surface area contributed by atoms with Crippen molar-refractivity contribution >= 4 is 22.9 Å². The van der Waals surface area contributed by atoms with Crippen LogP contribution < -0.4 is 5.73 Å². The molecule has 0 amide bonds. The second-order valence-corrected chi connectivity index (χ2v) is 7.86. The van der Waals surface area contributed by atoms with Crippen molar-refractivity contribution in [1.29, 1.82) is 0 Å². The summed E-state index contributed by atoms with van der Waals surface area (Å²) in [4.78, 5) is 13.1. The first kappa shape index (κ1) is 27.3. The maximum atomic E-state index is 5.59. The van der Waals surface area contributed by atoms with Crippen molar-refractivity contribution in [3.05, 3.63) is 36.3 Å². The minimum atomic E-state index is 0.247. The molecule has 1 aliphatic rings. The van der Waals surface area contributed by atoms with Crippen molar-refractivity contribution < 1.29 is 0 Å². The summed E-state index contributed by atoms with van der Waals surface area (Å²) in [6.45, 7) is 14.1. The molecule has 0 spiro atoms. The van der Waals surface area contributed by atoms with Gasteiger partial charge in [-0.1, -0.05) is 72.6 Å². The van der Waals surface area contributed by atoms with Gasteiger partial charge in [0.2, 0.25) is 5.95 Å². The van der Waals surface area contributed by atoms with Crippen molar-refractivity contribution in [3.63, 3.8) is 0 Å². The van der Waals surface area contributed by atoms with Gasteiger partial charge in [-0.25, -0.2) is 9.50 Å². The average molecular weight is 439 g/mol. The summed E-state index contributed by atoms with van der Waals surface area (Å²) in [6.07, 6.45) is 13.8. The van der Waals surface area contributed by atoms with Crippen LogP contribution >= 0.6 is 0 Å². The molecule has 0 atom stereocenters. The topological polar surface area (TPSA) is 81.5 Å². The second-order valence-electron chi connectivity index (χ2n) is 7.86. The highest BCUT2D eigenvalue weighted by Gasteiger charge is 2.09. The fraction of sp³-hybridized carbons (Fsp3) is 0.538. The Morgan fingerprint density at radius 3 is 2.06 bits per heavy atom. The van der Waals surface area contributed by atoms with E-state index in [0.29, 0.717) is 0 Å². The summed E-state index contributed by atoms with van der Waals surface area (Å²) in [6, 6.07) is 5.89. The molecule has 3 aromatic rings. The number of aliphatic imine (C=N–C) groups is 1. The lowest BCUT2D eigenvalue weighted by atomic mass is 10.0. The Balaban J connectivity index is 0.000000388. The SMILES string of the molecule is C1CCCCC1.CC.CC(C)=Nc1ccc(-c2ccn3nc(N)ncc23)nc1C.CCC. The van der Waals surface area contributed by atoms with Crippen LogP contribution in [0.25, 0.3) is 16.8 Å². The average Bonchev–Trinajstić information content (AvgIpc) is 3.21. The molecule has 0 aromatic carbocycles. The van der Waals surface area contributed by atoms with Crippen molar-refractivity contribution in [3.8, 4) is 11.3 Å². The molecule has 1 fully saturated rings. The number of pyridine rings is 1. The highest BCUT2D eigenvalue weighted by molar-refractivity contribution is 5.83. The van der Waals surface area contributed by atoms with Gasteiger partial charge in [0.25, 0.3) is 0 Å². The summed E-state index contributed by atoms with van der Waals surface area (Å²) < 4.78 is 1.71. The van der Waals surface area contributed by atoms with Crippen LogP contribution in [0.5, 0.6) is 0 Å². The van der Waals surface area contributed by atoms with E-state index < -0.39 is 0 Å². The molecule has 0 aliphatic heterocycles. The summed E-state index contributed by atoms with van der Waals surface area (Å²) in [5.74, 6) is 0.247. The highest BCUT2D eigenvalue weighted by Crippen LogP contribution is 2.27. The van der Waals surface area contributed by atoms with Gasteiger partial charge in [0.15, 0.2) is 0 Å². The molecule has 176 valence electrons. The number of nitrogens with two attached hydrogens (primary N) is 1. The van der Waals surface area contributed by atoms with E-state index in [1.807, 2.05) is 59.0 Å². The van der Waals surface area contributed by atoms with Crippen LogP contribution in [0.2, 0.25) is 0 Å². The summed E-state index contributed by atoms with van der Waals surface area (Å²) >= 11 is 0. The van der Waals surface area contributed by atoms with Gasteiger partial charge >= 0.3 is 0 Å². The number of hydrogen-bond acceptors (Lipinski definition) is 5. The third-order valence-corrected chi connectivity index (χ3v) is 4.61. The van der Waals surface area contributed by atoms with Crippen LogP contribution in [0.3, 0.4) is 0 Å². The monoisotopic (exact) mass is 438 g/mol. The second kappa shape index (κ2) is 15.1. The van der Waals surface area contributed by atoms with Crippen LogP contribution in [0, 0.1) is 6.92 Å². The maximum Gasteiger partial charge on any atom is 0.238 e. The third kappa shape index (κ3) is 8.77. The molecule has 0 radical (unpaired) electrons. The number of aromatic nitrogens is 4.